The van der Waals surface area contributed by atoms with Gasteiger partial charge in [0, 0.05) is 0 Å². The molecule has 0 aliphatic carbocycles. The summed E-state index contributed by atoms with van der Waals surface area (Å²) in [5.74, 6) is -30.8. The molecule has 14 heteroatoms. The van der Waals surface area contributed by atoms with Crippen LogP contribution >= 0.6 is 0 Å². The monoisotopic (exact) mass is 386 g/mol. The second-order valence-corrected chi connectivity index (χ2v) is 4.37. The maximum Gasteiger partial charge on any atom is 0.460 e. The standard InChI is InChI=1S/C10H9F11O3/c1-2-24-5(23)3-4(22)6(11,12)7(13,14)8(15,16)9(17,18)10(19,20)21/h4,22H,2-3H2,1H3. The minimum atomic E-state index is -7.63. The van der Waals surface area contributed by atoms with Gasteiger partial charge < -0.3 is 9.84 Å². The molecule has 0 bridgehead atoms. The van der Waals surface area contributed by atoms with Crippen molar-refractivity contribution >= 4 is 5.97 Å². The third-order valence-electron chi connectivity index (χ3n) is 2.65. The summed E-state index contributed by atoms with van der Waals surface area (Å²) in [6.45, 7) is 0.602. The lowest BCUT2D eigenvalue weighted by Gasteiger charge is -2.38. The van der Waals surface area contributed by atoms with Crippen molar-refractivity contribution in [1.29, 1.82) is 0 Å². The first-order chi connectivity index (χ1) is 10.4. The van der Waals surface area contributed by atoms with Crippen molar-refractivity contribution in [3.63, 3.8) is 0 Å². The van der Waals surface area contributed by atoms with Crippen molar-refractivity contribution in [2.24, 2.45) is 0 Å². The number of aliphatic hydroxyl groups is 1. The number of carbonyl (C=O) groups is 1. The molecule has 0 aliphatic rings. The fraction of sp³-hybridized carbons (Fsp3) is 0.900. The fourth-order valence-electron chi connectivity index (χ4n) is 1.30. The van der Waals surface area contributed by atoms with Crippen molar-refractivity contribution in [2.75, 3.05) is 6.61 Å². The van der Waals surface area contributed by atoms with Crippen molar-refractivity contribution < 1.29 is 62.9 Å². The molecule has 3 nitrogen and oxygen atoms in total. The number of halogens is 11. The molecule has 24 heavy (non-hydrogen) atoms. The van der Waals surface area contributed by atoms with Crippen molar-refractivity contribution in [3.8, 4) is 0 Å². The van der Waals surface area contributed by atoms with Crippen LogP contribution in [-0.4, -0.2) is 53.7 Å². The molecule has 0 radical (unpaired) electrons. The van der Waals surface area contributed by atoms with Crippen molar-refractivity contribution in [1.82, 2.24) is 0 Å². The second-order valence-electron chi connectivity index (χ2n) is 4.37. The van der Waals surface area contributed by atoms with Gasteiger partial charge in [-0.05, 0) is 6.92 Å². The molecular formula is C10H9F11O3. The number of rotatable bonds is 7. The molecule has 0 aromatic heterocycles. The zero-order chi connectivity index (χ0) is 19.8. The highest BCUT2D eigenvalue weighted by Crippen LogP contribution is 2.58. The minimum Gasteiger partial charge on any atom is -0.466 e. The van der Waals surface area contributed by atoms with Gasteiger partial charge in [0.2, 0.25) is 0 Å². The van der Waals surface area contributed by atoms with Gasteiger partial charge in [0.25, 0.3) is 0 Å². The van der Waals surface area contributed by atoms with Crippen LogP contribution < -0.4 is 0 Å². The molecule has 0 heterocycles. The number of carbonyl (C=O) groups excluding carboxylic acids is 1. The second kappa shape index (κ2) is 6.52. The number of alkyl halides is 11. The van der Waals surface area contributed by atoms with Gasteiger partial charge in [-0.1, -0.05) is 0 Å². The Morgan fingerprint density at radius 2 is 1.29 bits per heavy atom. The average Bonchev–Trinajstić information content (AvgIpc) is 2.36. The van der Waals surface area contributed by atoms with E-state index < -0.39 is 55.0 Å². The van der Waals surface area contributed by atoms with Crippen LogP contribution in [0.4, 0.5) is 48.3 Å². The third-order valence-corrected chi connectivity index (χ3v) is 2.65. The molecular weight excluding hydrogens is 377 g/mol. The van der Waals surface area contributed by atoms with Gasteiger partial charge in [-0.15, -0.1) is 0 Å². The van der Waals surface area contributed by atoms with Crippen LogP contribution in [0.1, 0.15) is 13.3 Å². The molecule has 1 atom stereocenters. The fourth-order valence-corrected chi connectivity index (χ4v) is 1.30. The van der Waals surface area contributed by atoms with Gasteiger partial charge in [0.1, 0.15) is 6.10 Å². The lowest BCUT2D eigenvalue weighted by Crippen LogP contribution is -2.68. The van der Waals surface area contributed by atoms with Gasteiger partial charge in [-0.3, -0.25) is 4.79 Å². The van der Waals surface area contributed by atoms with E-state index in [9.17, 15) is 53.1 Å². The lowest BCUT2D eigenvalue weighted by atomic mass is 9.93. The Kier molecular flexibility index (Phi) is 6.15. The lowest BCUT2D eigenvalue weighted by molar-refractivity contribution is -0.428. The molecule has 1 unspecified atom stereocenters. The van der Waals surface area contributed by atoms with E-state index in [-0.39, 0.29) is 0 Å². The molecule has 0 saturated heterocycles. The molecule has 0 saturated carbocycles. The van der Waals surface area contributed by atoms with Crippen molar-refractivity contribution in [2.45, 2.75) is 49.3 Å². The SMILES string of the molecule is CCOC(=O)CC(O)C(F)(F)C(F)(F)C(F)(F)C(F)(F)C(F)(F)F. The Hall–Kier alpha value is -1.34. The van der Waals surface area contributed by atoms with Gasteiger partial charge in [0.05, 0.1) is 13.0 Å². The number of hydrogen-bond acceptors (Lipinski definition) is 3. The van der Waals surface area contributed by atoms with E-state index in [1.165, 1.54) is 0 Å². The van der Waals surface area contributed by atoms with Crippen molar-refractivity contribution in [3.05, 3.63) is 0 Å². The van der Waals surface area contributed by atoms with E-state index >= 15 is 0 Å². The minimum absolute atomic E-state index is 0.504. The first-order valence-corrected chi connectivity index (χ1v) is 5.79. The largest absolute Gasteiger partial charge is 0.466 e. The van der Waals surface area contributed by atoms with Crippen LogP contribution in [0.25, 0.3) is 0 Å². The quantitative estimate of drug-likeness (QED) is 0.539. The summed E-state index contributed by atoms with van der Waals surface area (Å²) in [6, 6.07) is 0. The summed E-state index contributed by atoms with van der Waals surface area (Å²) in [5, 5.41) is 8.75. The molecule has 0 aliphatic heterocycles. The first-order valence-electron chi connectivity index (χ1n) is 5.79. The van der Waals surface area contributed by atoms with E-state index in [0.717, 1.165) is 6.92 Å². The topological polar surface area (TPSA) is 46.5 Å². The van der Waals surface area contributed by atoms with E-state index in [2.05, 4.69) is 4.74 Å². The Bertz CT molecular complexity index is 457. The molecule has 0 fully saturated rings. The maximum absolute atomic E-state index is 13.2. The van der Waals surface area contributed by atoms with Crippen LogP contribution in [-0.2, 0) is 9.53 Å². The van der Waals surface area contributed by atoms with Crippen LogP contribution in [0.15, 0.2) is 0 Å². The Morgan fingerprint density at radius 1 is 0.875 bits per heavy atom. The molecule has 0 spiro atoms. The molecule has 0 aromatic rings. The van der Waals surface area contributed by atoms with E-state index in [1.807, 2.05) is 0 Å². The summed E-state index contributed by atoms with van der Waals surface area (Å²) in [5.41, 5.74) is 0. The molecule has 0 aromatic carbocycles. The predicted octanol–water partition coefficient (Wildman–Crippen LogP) is 3.40. The Balaban J connectivity index is 5.80. The molecule has 1 N–H and O–H groups in total. The van der Waals surface area contributed by atoms with Crippen LogP contribution in [0.3, 0.4) is 0 Å². The highest BCUT2D eigenvalue weighted by Gasteiger charge is 2.88. The van der Waals surface area contributed by atoms with E-state index in [4.69, 9.17) is 5.11 Å². The highest BCUT2D eigenvalue weighted by atomic mass is 19.4. The van der Waals surface area contributed by atoms with Gasteiger partial charge in [-0.25, -0.2) is 0 Å². The third kappa shape index (κ3) is 3.52. The molecule has 0 amide bonds. The van der Waals surface area contributed by atoms with Gasteiger partial charge >= 0.3 is 35.8 Å². The highest BCUT2D eigenvalue weighted by molar-refractivity contribution is 5.70. The summed E-state index contributed by atoms with van der Waals surface area (Å²) in [6.07, 6.45) is -13.4. The Labute approximate surface area is 126 Å². The van der Waals surface area contributed by atoms with Crippen LogP contribution in [0.2, 0.25) is 0 Å². The van der Waals surface area contributed by atoms with E-state index in [0.29, 0.717) is 0 Å². The number of esters is 1. The van der Waals surface area contributed by atoms with Gasteiger partial charge in [0.15, 0.2) is 0 Å². The summed E-state index contributed by atoms with van der Waals surface area (Å²) in [4.78, 5) is 10.8. The summed E-state index contributed by atoms with van der Waals surface area (Å²) < 4.78 is 143. The van der Waals surface area contributed by atoms with Gasteiger partial charge in [-0.2, -0.15) is 48.3 Å². The molecule has 0 rings (SSSR count). The zero-order valence-electron chi connectivity index (χ0n) is 11.4. The zero-order valence-corrected chi connectivity index (χ0v) is 11.4. The average molecular weight is 386 g/mol. The van der Waals surface area contributed by atoms with Crippen LogP contribution in [0.5, 0.6) is 0 Å². The smallest absolute Gasteiger partial charge is 0.460 e. The Morgan fingerprint density at radius 3 is 1.62 bits per heavy atom. The molecule has 144 valence electrons. The predicted molar refractivity (Wildman–Crippen MR) is 53.1 cm³/mol. The normalized spacial score (nSPS) is 16.0. The van der Waals surface area contributed by atoms with E-state index in [1.54, 1.807) is 0 Å². The summed E-state index contributed by atoms with van der Waals surface area (Å²) >= 11 is 0. The number of ether oxygens (including phenoxy) is 1. The number of hydrogen-bond donors (Lipinski definition) is 1. The van der Waals surface area contributed by atoms with Crippen LogP contribution in [0, 0.1) is 0 Å². The maximum atomic E-state index is 13.2. The first kappa shape index (κ1) is 22.7. The number of aliphatic hydroxyl groups excluding tert-OH is 1. The summed E-state index contributed by atoms with van der Waals surface area (Å²) in [7, 11) is 0.